The van der Waals surface area contributed by atoms with E-state index >= 15 is 0 Å². The van der Waals surface area contributed by atoms with Crippen LogP contribution in [0.25, 0.3) is 11.0 Å². The number of aromatic hydroxyl groups is 1. The Morgan fingerprint density at radius 3 is 2.79 bits per heavy atom. The third-order valence-electron chi connectivity index (χ3n) is 4.62. The number of hydrogen-bond acceptors (Lipinski definition) is 5. The summed E-state index contributed by atoms with van der Waals surface area (Å²) in [6.07, 6.45) is 3.68. The van der Waals surface area contributed by atoms with E-state index in [1.54, 1.807) is 12.1 Å². The van der Waals surface area contributed by atoms with Gasteiger partial charge in [-0.25, -0.2) is 4.79 Å². The van der Waals surface area contributed by atoms with Crippen molar-refractivity contribution in [3.05, 3.63) is 39.2 Å². The van der Waals surface area contributed by atoms with E-state index in [-0.39, 0.29) is 17.9 Å². The summed E-state index contributed by atoms with van der Waals surface area (Å²) in [6, 6.07) is 2.64. The van der Waals surface area contributed by atoms with Gasteiger partial charge in [0.1, 0.15) is 17.4 Å². The van der Waals surface area contributed by atoms with Gasteiger partial charge in [-0.2, -0.15) is 0 Å². The zero-order chi connectivity index (χ0) is 17.3. The number of carbonyl (C=O) groups is 1. The van der Waals surface area contributed by atoms with Gasteiger partial charge in [0.25, 0.3) is 0 Å². The Balaban J connectivity index is 2.01. The average Bonchev–Trinajstić information content (AvgIpc) is 3.03. The molecule has 0 amide bonds. The molecule has 1 aliphatic rings. The second-order valence-corrected chi connectivity index (χ2v) is 6.20. The standard InChI is InChI=1S/C18H21NO5/c1-2-4-14(17(21)22)19-9-13-15(20)8-7-11-10-5-3-6-12(10)18(23)24-16(11)13/h7-8,14,19-20H,2-6,9H2,1H3,(H,21,22)/t14-/m1/s1. The number of nitrogens with one attached hydrogen (secondary N) is 1. The second-order valence-electron chi connectivity index (χ2n) is 6.20. The lowest BCUT2D eigenvalue weighted by Gasteiger charge is -2.15. The van der Waals surface area contributed by atoms with E-state index in [0.717, 1.165) is 42.2 Å². The highest BCUT2D eigenvalue weighted by Crippen LogP contribution is 2.33. The van der Waals surface area contributed by atoms with Crippen molar-refractivity contribution in [2.75, 3.05) is 0 Å². The predicted octanol–water partition coefficient (Wildman–Crippen LogP) is 2.33. The van der Waals surface area contributed by atoms with E-state index in [1.807, 2.05) is 6.92 Å². The molecule has 0 unspecified atom stereocenters. The van der Waals surface area contributed by atoms with Gasteiger partial charge in [-0.05, 0) is 43.4 Å². The molecule has 6 nitrogen and oxygen atoms in total. The van der Waals surface area contributed by atoms with Gasteiger partial charge in [0.05, 0.1) is 5.56 Å². The Morgan fingerprint density at radius 1 is 1.33 bits per heavy atom. The third-order valence-corrected chi connectivity index (χ3v) is 4.62. The number of phenolic OH excluding ortho intramolecular Hbond substituents is 1. The molecule has 2 aromatic rings. The van der Waals surface area contributed by atoms with Crippen LogP contribution in [0.4, 0.5) is 0 Å². The Bertz CT molecular complexity index is 839. The molecule has 1 heterocycles. The molecule has 1 atom stereocenters. The summed E-state index contributed by atoms with van der Waals surface area (Å²) in [5.74, 6) is -0.935. The van der Waals surface area contributed by atoms with Gasteiger partial charge in [0.2, 0.25) is 0 Å². The highest BCUT2D eigenvalue weighted by molar-refractivity contribution is 5.86. The van der Waals surface area contributed by atoms with E-state index in [9.17, 15) is 19.8 Å². The van der Waals surface area contributed by atoms with E-state index in [1.165, 1.54) is 0 Å². The molecule has 0 aliphatic heterocycles. The number of aryl methyl sites for hydroxylation is 1. The topological polar surface area (TPSA) is 99.8 Å². The molecule has 0 spiro atoms. The maximum Gasteiger partial charge on any atom is 0.339 e. The minimum Gasteiger partial charge on any atom is -0.507 e. The zero-order valence-electron chi connectivity index (χ0n) is 13.6. The quantitative estimate of drug-likeness (QED) is 0.703. The van der Waals surface area contributed by atoms with Crippen LogP contribution >= 0.6 is 0 Å². The van der Waals surface area contributed by atoms with Crippen molar-refractivity contribution in [2.45, 2.75) is 51.6 Å². The van der Waals surface area contributed by atoms with E-state index < -0.39 is 12.0 Å². The minimum atomic E-state index is -0.932. The molecule has 0 saturated heterocycles. The van der Waals surface area contributed by atoms with Crippen LogP contribution in [0.15, 0.2) is 21.3 Å². The monoisotopic (exact) mass is 331 g/mol. The molecule has 0 fully saturated rings. The fraction of sp³-hybridized carbons (Fsp3) is 0.444. The summed E-state index contributed by atoms with van der Waals surface area (Å²) in [5.41, 5.74) is 2.15. The molecule has 3 rings (SSSR count). The lowest BCUT2D eigenvalue weighted by molar-refractivity contribution is -0.139. The molecule has 6 heteroatoms. The average molecular weight is 331 g/mol. The molecule has 128 valence electrons. The molecule has 24 heavy (non-hydrogen) atoms. The van der Waals surface area contributed by atoms with Crippen molar-refractivity contribution in [3.63, 3.8) is 0 Å². The van der Waals surface area contributed by atoms with Crippen LogP contribution in [-0.4, -0.2) is 22.2 Å². The molecule has 0 radical (unpaired) electrons. The maximum atomic E-state index is 12.2. The number of aliphatic carboxylic acids is 1. The zero-order valence-corrected chi connectivity index (χ0v) is 13.6. The second kappa shape index (κ2) is 6.65. The van der Waals surface area contributed by atoms with Crippen LogP contribution in [0, 0.1) is 0 Å². The van der Waals surface area contributed by atoms with Crippen molar-refractivity contribution in [3.8, 4) is 5.75 Å². The Morgan fingerprint density at radius 2 is 2.08 bits per heavy atom. The first-order valence-corrected chi connectivity index (χ1v) is 8.28. The molecule has 1 aromatic heterocycles. The minimum absolute atomic E-state index is 0.00302. The van der Waals surface area contributed by atoms with Crippen molar-refractivity contribution >= 4 is 16.9 Å². The van der Waals surface area contributed by atoms with Gasteiger partial charge in [0, 0.05) is 17.5 Å². The van der Waals surface area contributed by atoms with Crippen LogP contribution < -0.4 is 10.9 Å². The predicted molar refractivity (Wildman–Crippen MR) is 89.3 cm³/mol. The summed E-state index contributed by atoms with van der Waals surface area (Å²) in [7, 11) is 0. The van der Waals surface area contributed by atoms with Crippen molar-refractivity contribution in [1.82, 2.24) is 5.32 Å². The maximum absolute atomic E-state index is 12.2. The van der Waals surface area contributed by atoms with Gasteiger partial charge >= 0.3 is 11.6 Å². The summed E-state index contributed by atoms with van der Waals surface area (Å²) in [4.78, 5) is 23.4. The molecular weight excluding hydrogens is 310 g/mol. The highest BCUT2D eigenvalue weighted by atomic mass is 16.4. The molecule has 0 saturated carbocycles. The highest BCUT2D eigenvalue weighted by Gasteiger charge is 2.23. The van der Waals surface area contributed by atoms with E-state index in [0.29, 0.717) is 17.6 Å². The van der Waals surface area contributed by atoms with Crippen LogP contribution in [0.1, 0.15) is 42.9 Å². The summed E-state index contributed by atoms with van der Waals surface area (Å²) < 4.78 is 5.47. The van der Waals surface area contributed by atoms with Crippen LogP contribution in [0.3, 0.4) is 0 Å². The fourth-order valence-electron chi connectivity index (χ4n) is 3.39. The molecule has 1 aromatic carbocycles. The van der Waals surface area contributed by atoms with Gasteiger partial charge in [-0.3, -0.25) is 4.79 Å². The first-order chi connectivity index (χ1) is 11.5. The largest absolute Gasteiger partial charge is 0.507 e. The lowest BCUT2D eigenvalue weighted by atomic mass is 10.0. The van der Waals surface area contributed by atoms with Crippen LogP contribution in [0.2, 0.25) is 0 Å². The molecule has 0 bridgehead atoms. The van der Waals surface area contributed by atoms with Crippen molar-refractivity contribution in [2.24, 2.45) is 0 Å². The third kappa shape index (κ3) is 2.89. The Kier molecular flexibility index (Phi) is 4.57. The first kappa shape index (κ1) is 16.5. The Hall–Kier alpha value is -2.34. The number of phenols is 1. The smallest absolute Gasteiger partial charge is 0.339 e. The number of carboxylic acids is 1. The number of carboxylic acid groups (broad SMARTS) is 1. The van der Waals surface area contributed by atoms with Gasteiger partial charge in [0.15, 0.2) is 0 Å². The van der Waals surface area contributed by atoms with Gasteiger partial charge in [-0.1, -0.05) is 13.3 Å². The number of hydrogen-bond donors (Lipinski definition) is 3. The number of fused-ring (bicyclic) bond motifs is 3. The molecule has 3 N–H and O–H groups in total. The van der Waals surface area contributed by atoms with Crippen LogP contribution in [0.5, 0.6) is 5.75 Å². The first-order valence-electron chi connectivity index (χ1n) is 8.28. The van der Waals surface area contributed by atoms with E-state index in [4.69, 9.17) is 4.42 Å². The summed E-state index contributed by atoms with van der Waals surface area (Å²) in [6.45, 7) is 2.04. The van der Waals surface area contributed by atoms with Gasteiger partial charge < -0.3 is 19.9 Å². The van der Waals surface area contributed by atoms with Crippen LogP contribution in [-0.2, 0) is 24.2 Å². The number of benzene rings is 1. The van der Waals surface area contributed by atoms with E-state index in [2.05, 4.69) is 5.32 Å². The number of rotatable bonds is 6. The SMILES string of the molecule is CCC[C@@H](NCc1c(O)ccc2c3c(c(=O)oc12)CCC3)C(=O)O. The van der Waals surface area contributed by atoms with Crippen molar-refractivity contribution < 1.29 is 19.4 Å². The Labute approximate surface area is 139 Å². The normalized spacial score (nSPS) is 14.7. The molecule has 1 aliphatic carbocycles. The van der Waals surface area contributed by atoms with Gasteiger partial charge in [-0.15, -0.1) is 0 Å². The fourth-order valence-corrected chi connectivity index (χ4v) is 3.39. The summed E-state index contributed by atoms with van der Waals surface area (Å²) in [5, 5.41) is 23.2. The van der Waals surface area contributed by atoms with Crippen molar-refractivity contribution in [1.29, 1.82) is 0 Å². The lowest BCUT2D eigenvalue weighted by Crippen LogP contribution is -2.36. The summed E-state index contributed by atoms with van der Waals surface area (Å²) >= 11 is 0. The molecular formula is C18H21NO5.